The van der Waals surface area contributed by atoms with Crippen molar-refractivity contribution < 1.29 is 15.0 Å². The number of aromatic hydroxyl groups is 1. The molecule has 0 spiro atoms. The normalized spacial score (nSPS) is 19.8. The van der Waals surface area contributed by atoms with E-state index in [1.165, 1.54) is 12.3 Å². The fourth-order valence-corrected chi connectivity index (χ4v) is 2.49. The second-order valence-electron chi connectivity index (χ2n) is 5.12. The minimum atomic E-state index is -0.362. The molecule has 1 fully saturated rings. The van der Waals surface area contributed by atoms with E-state index in [9.17, 15) is 9.90 Å². The van der Waals surface area contributed by atoms with Gasteiger partial charge in [-0.15, -0.1) is 0 Å². The van der Waals surface area contributed by atoms with Gasteiger partial charge in [-0.05, 0) is 37.4 Å². The van der Waals surface area contributed by atoms with Crippen LogP contribution >= 0.6 is 0 Å². The number of carbonyl (C=O) groups excluding carboxylic acids is 1. The number of aliphatic hydroxyl groups excluding tert-OH is 1. The maximum Gasteiger partial charge on any atom is 0.273 e. The lowest BCUT2D eigenvalue weighted by molar-refractivity contribution is 0.0923. The lowest BCUT2D eigenvalue weighted by Gasteiger charge is -2.31. The average Bonchev–Trinajstić information content (AvgIpc) is 2.48. The predicted octanol–water partition coefficient (Wildman–Crippen LogP) is 0.221. The number of carbonyl (C=O) groups is 1. The summed E-state index contributed by atoms with van der Waals surface area (Å²) in [5, 5.41) is 21.5. The van der Waals surface area contributed by atoms with Gasteiger partial charge in [0.1, 0.15) is 5.75 Å². The minimum absolute atomic E-state index is 0.0550. The fourth-order valence-electron chi connectivity index (χ4n) is 2.49. The zero-order valence-corrected chi connectivity index (χ0v) is 11.5. The van der Waals surface area contributed by atoms with E-state index in [1.54, 1.807) is 6.07 Å². The summed E-state index contributed by atoms with van der Waals surface area (Å²) >= 11 is 0. The molecule has 1 aromatic rings. The van der Waals surface area contributed by atoms with Crippen molar-refractivity contribution >= 4 is 5.91 Å². The Balaban J connectivity index is 1.76. The van der Waals surface area contributed by atoms with Crippen LogP contribution < -0.4 is 5.32 Å². The first-order valence-corrected chi connectivity index (χ1v) is 6.96. The molecule has 0 bridgehead atoms. The van der Waals surface area contributed by atoms with E-state index in [4.69, 9.17) is 5.11 Å². The Hall–Kier alpha value is -1.66. The highest BCUT2D eigenvalue weighted by molar-refractivity contribution is 5.94. The third-order valence-corrected chi connectivity index (χ3v) is 3.58. The summed E-state index contributed by atoms with van der Waals surface area (Å²) in [4.78, 5) is 17.9. The number of pyridine rings is 1. The Morgan fingerprint density at radius 1 is 1.55 bits per heavy atom. The molecule has 0 saturated carbocycles. The number of rotatable bonds is 5. The van der Waals surface area contributed by atoms with Crippen LogP contribution in [0, 0.1) is 5.92 Å². The van der Waals surface area contributed by atoms with Crippen molar-refractivity contribution in [2.45, 2.75) is 12.8 Å². The van der Waals surface area contributed by atoms with Gasteiger partial charge >= 0.3 is 0 Å². The Kier molecular flexibility index (Phi) is 5.31. The highest BCUT2D eigenvalue weighted by Gasteiger charge is 2.19. The zero-order valence-electron chi connectivity index (χ0n) is 11.5. The molecule has 3 N–H and O–H groups in total. The highest BCUT2D eigenvalue weighted by Crippen LogP contribution is 2.15. The number of aromatic nitrogens is 1. The van der Waals surface area contributed by atoms with Crippen molar-refractivity contribution in [3.63, 3.8) is 0 Å². The van der Waals surface area contributed by atoms with Crippen LogP contribution in [0.15, 0.2) is 18.3 Å². The summed E-state index contributed by atoms with van der Waals surface area (Å²) in [6, 6.07) is 3.02. The van der Waals surface area contributed by atoms with E-state index in [-0.39, 0.29) is 24.0 Å². The smallest absolute Gasteiger partial charge is 0.273 e. The third kappa shape index (κ3) is 3.91. The van der Waals surface area contributed by atoms with Crippen molar-refractivity contribution in [3.05, 3.63) is 24.0 Å². The Labute approximate surface area is 118 Å². The molecule has 1 aliphatic rings. The van der Waals surface area contributed by atoms with Crippen LogP contribution in [0.3, 0.4) is 0 Å². The molecule has 0 aliphatic carbocycles. The van der Waals surface area contributed by atoms with Crippen molar-refractivity contribution in [1.29, 1.82) is 0 Å². The highest BCUT2D eigenvalue weighted by atomic mass is 16.3. The molecule has 20 heavy (non-hydrogen) atoms. The number of likely N-dealkylation sites (tertiary alicyclic amines) is 1. The summed E-state index contributed by atoms with van der Waals surface area (Å²) in [5.74, 6) is -0.124. The van der Waals surface area contributed by atoms with Gasteiger partial charge in [-0.2, -0.15) is 0 Å². The summed E-state index contributed by atoms with van der Waals surface area (Å²) in [6.07, 6.45) is 3.63. The van der Waals surface area contributed by atoms with Crippen LogP contribution in [0.25, 0.3) is 0 Å². The van der Waals surface area contributed by atoms with Crippen molar-refractivity contribution in [2.75, 3.05) is 32.8 Å². The van der Waals surface area contributed by atoms with Crippen LogP contribution in [-0.2, 0) is 0 Å². The number of amides is 1. The first-order chi connectivity index (χ1) is 9.70. The zero-order chi connectivity index (χ0) is 14.4. The maximum absolute atomic E-state index is 11.8. The molecule has 1 aliphatic heterocycles. The summed E-state index contributed by atoms with van der Waals surface area (Å²) in [6.45, 7) is 3.36. The lowest BCUT2D eigenvalue weighted by Crippen LogP contribution is -2.41. The average molecular weight is 279 g/mol. The number of piperidine rings is 1. The van der Waals surface area contributed by atoms with Gasteiger partial charge in [-0.1, -0.05) is 0 Å². The summed E-state index contributed by atoms with van der Waals surface area (Å²) in [5.41, 5.74) is 0.0550. The molecular weight excluding hydrogens is 258 g/mol. The standard InChI is InChI=1S/C14H21N3O3/c18-10-11-3-2-7-17(9-11)8-6-16-14(20)13-12(19)4-1-5-15-13/h1,4-5,11,18-19H,2-3,6-10H2,(H,16,20)/t11-/m0/s1. The SMILES string of the molecule is O=C(NCCN1CCC[C@H](CO)C1)c1ncccc1O. The quantitative estimate of drug-likeness (QED) is 0.718. The Morgan fingerprint density at radius 2 is 2.40 bits per heavy atom. The van der Waals surface area contributed by atoms with Crippen LogP contribution in [0.5, 0.6) is 5.75 Å². The second-order valence-corrected chi connectivity index (χ2v) is 5.12. The van der Waals surface area contributed by atoms with Gasteiger partial charge in [-0.25, -0.2) is 4.98 Å². The first kappa shape index (κ1) is 14.7. The molecule has 2 rings (SSSR count). The minimum Gasteiger partial charge on any atom is -0.505 e. The molecule has 1 aromatic heterocycles. The number of hydrogen-bond donors (Lipinski definition) is 3. The molecule has 6 heteroatoms. The van der Waals surface area contributed by atoms with E-state index in [0.29, 0.717) is 12.5 Å². The van der Waals surface area contributed by atoms with Gasteiger partial charge < -0.3 is 20.4 Å². The van der Waals surface area contributed by atoms with Crippen molar-refractivity contribution in [3.8, 4) is 5.75 Å². The molecule has 110 valence electrons. The largest absolute Gasteiger partial charge is 0.505 e. The summed E-state index contributed by atoms with van der Waals surface area (Å²) in [7, 11) is 0. The van der Waals surface area contributed by atoms with E-state index in [2.05, 4.69) is 15.2 Å². The van der Waals surface area contributed by atoms with Crippen LogP contribution in [0.1, 0.15) is 23.3 Å². The molecular formula is C14H21N3O3. The van der Waals surface area contributed by atoms with Crippen LogP contribution in [0.2, 0.25) is 0 Å². The molecule has 6 nitrogen and oxygen atoms in total. The van der Waals surface area contributed by atoms with Gasteiger partial charge in [0.05, 0.1) is 0 Å². The molecule has 0 unspecified atom stereocenters. The fraction of sp³-hybridized carbons (Fsp3) is 0.571. The molecule has 1 saturated heterocycles. The number of aliphatic hydroxyl groups is 1. The van der Waals surface area contributed by atoms with E-state index >= 15 is 0 Å². The number of nitrogens with one attached hydrogen (secondary N) is 1. The van der Waals surface area contributed by atoms with E-state index in [1.807, 2.05) is 0 Å². The number of hydrogen-bond acceptors (Lipinski definition) is 5. The van der Waals surface area contributed by atoms with Gasteiger partial charge in [0.2, 0.25) is 0 Å². The third-order valence-electron chi connectivity index (χ3n) is 3.58. The number of nitrogens with zero attached hydrogens (tertiary/aromatic N) is 2. The lowest BCUT2D eigenvalue weighted by atomic mass is 9.99. The van der Waals surface area contributed by atoms with Crippen molar-refractivity contribution in [1.82, 2.24) is 15.2 Å². The van der Waals surface area contributed by atoms with E-state index < -0.39 is 0 Å². The van der Waals surface area contributed by atoms with Gasteiger partial charge in [0.25, 0.3) is 5.91 Å². The summed E-state index contributed by atoms with van der Waals surface area (Å²) < 4.78 is 0. The van der Waals surface area contributed by atoms with Crippen LogP contribution in [-0.4, -0.2) is 58.8 Å². The van der Waals surface area contributed by atoms with Crippen molar-refractivity contribution in [2.24, 2.45) is 5.92 Å². The molecule has 1 amide bonds. The molecule has 2 heterocycles. The first-order valence-electron chi connectivity index (χ1n) is 6.96. The Morgan fingerprint density at radius 3 is 3.15 bits per heavy atom. The Bertz CT molecular complexity index is 453. The monoisotopic (exact) mass is 279 g/mol. The predicted molar refractivity (Wildman–Crippen MR) is 74.5 cm³/mol. The molecule has 0 radical (unpaired) electrons. The van der Waals surface area contributed by atoms with Gasteiger partial charge in [0, 0.05) is 32.4 Å². The van der Waals surface area contributed by atoms with Crippen LogP contribution in [0.4, 0.5) is 0 Å². The second kappa shape index (κ2) is 7.21. The topological polar surface area (TPSA) is 85.7 Å². The van der Waals surface area contributed by atoms with E-state index in [0.717, 1.165) is 32.5 Å². The van der Waals surface area contributed by atoms with Gasteiger partial charge in [0.15, 0.2) is 5.69 Å². The molecule has 1 atom stereocenters. The maximum atomic E-state index is 11.8. The molecule has 0 aromatic carbocycles. The van der Waals surface area contributed by atoms with Gasteiger partial charge in [-0.3, -0.25) is 4.79 Å².